The van der Waals surface area contributed by atoms with Crippen molar-refractivity contribution in [3.05, 3.63) is 46.4 Å². The summed E-state index contributed by atoms with van der Waals surface area (Å²) in [5.74, 6) is 0.811. The van der Waals surface area contributed by atoms with E-state index in [1.807, 2.05) is 50.4 Å². The number of rotatable bonds is 6. The van der Waals surface area contributed by atoms with Crippen LogP contribution in [0.3, 0.4) is 0 Å². The Morgan fingerprint density at radius 2 is 2.23 bits per heavy atom. The minimum Gasteiger partial charge on any atom is -0.489 e. The van der Waals surface area contributed by atoms with Gasteiger partial charge < -0.3 is 15.4 Å². The first kappa shape index (κ1) is 16.3. The average Bonchev–Trinajstić information content (AvgIpc) is 2.99. The van der Waals surface area contributed by atoms with E-state index in [1.54, 1.807) is 6.20 Å². The van der Waals surface area contributed by atoms with E-state index in [1.165, 1.54) is 11.3 Å². The topological polar surface area (TPSA) is 63.2 Å². The summed E-state index contributed by atoms with van der Waals surface area (Å²) in [6, 6.07) is 7.53. The number of nitrogens with zero attached hydrogens (tertiary/aromatic N) is 1. The lowest BCUT2D eigenvalue weighted by molar-refractivity contribution is 0.206. The largest absolute Gasteiger partial charge is 0.489 e. The molecule has 22 heavy (non-hydrogen) atoms. The lowest BCUT2D eigenvalue weighted by Crippen LogP contribution is -2.41. The van der Waals surface area contributed by atoms with Gasteiger partial charge in [0, 0.05) is 11.6 Å². The summed E-state index contributed by atoms with van der Waals surface area (Å²) < 4.78 is 5.77. The Morgan fingerprint density at radius 3 is 2.91 bits per heavy atom. The highest BCUT2D eigenvalue weighted by atomic mass is 32.1. The molecule has 5 nitrogen and oxygen atoms in total. The molecule has 0 fully saturated rings. The summed E-state index contributed by atoms with van der Waals surface area (Å²) in [6.45, 7) is 6.28. The molecule has 1 heterocycles. The van der Waals surface area contributed by atoms with Crippen molar-refractivity contribution in [1.29, 1.82) is 0 Å². The third-order valence-electron chi connectivity index (χ3n) is 3.05. The molecule has 6 heteroatoms. The average molecular weight is 319 g/mol. The highest BCUT2D eigenvalue weighted by Gasteiger charge is 2.12. The van der Waals surface area contributed by atoms with Crippen LogP contribution in [-0.4, -0.2) is 23.7 Å². The molecule has 118 valence electrons. The zero-order valence-corrected chi connectivity index (χ0v) is 13.8. The highest BCUT2D eigenvalue weighted by molar-refractivity contribution is 7.09. The van der Waals surface area contributed by atoms with Crippen LogP contribution in [0.5, 0.6) is 5.75 Å². The number of urea groups is 1. The van der Waals surface area contributed by atoms with Gasteiger partial charge in [-0.05, 0) is 38.5 Å². The van der Waals surface area contributed by atoms with Crippen molar-refractivity contribution in [2.24, 2.45) is 0 Å². The van der Waals surface area contributed by atoms with Crippen molar-refractivity contribution >= 4 is 17.4 Å². The maximum Gasteiger partial charge on any atom is 0.315 e. The van der Waals surface area contributed by atoms with E-state index in [0.717, 1.165) is 16.3 Å². The van der Waals surface area contributed by atoms with E-state index in [2.05, 4.69) is 15.6 Å². The van der Waals surface area contributed by atoms with Crippen molar-refractivity contribution in [1.82, 2.24) is 15.6 Å². The third-order valence-corrected chi connectivity index (χ3v) is 4.00. The number of nitrogens with one attached hydrogen (secondary N) is 2. The molecule has 0 bridgehead atoms. The van der Waals surface area contributed by atoms with Gasteiger partial charge in [0.15, 0.2) is 0 Å². The Morgan fingerprint density at radius 1 is 1.41 bits per heavy atom. The normalized spacial score (nSPS) is 13.2. The van der Waals surface area contributed by atoms with Crippen LogP contribution in [0.2, 0.25) is 0 Å². The number of aromatic nitrogens is 1. The molecule has 2 rings (SSSR count). The number of carbonyl (C=O) groups excluding carboxylic acids is 1. The fraction of sp³-hybridized carbons (Fsp3) is 0.375. The van der Waals surface area contributed by atoms with Gasteiger partial charge in [-0.2, -0.15) is 0 Å². The van der Waals surface area contributed by atoms with Crippen LogP contribution >= 0.6 is 11.3 Å². The van der Waals surface area contributed by atoms with Crippen LogP contribution in [0.4, 0.5) is 4.79 Å². The van der Waals surface area contributed by atoms with Gasteiger partial charge in [-0.1, -0.05) is 12.1 Å². The molecule has 0 aliphatic carbocycles. The highest BCUT2D eigenvalue weighted by Crippen LogP contribution is 2.15. The second kappa shape index (κ2) is 7.79. The predicted molar refractivity (Wildman–Crippen MR) is 88.3 cm³/mol. The summed E-state index contributed by atoms with van der Waals surface area (Å²) in [5.41, 5.74) is 1.15. The first-order valence-electron chi connectivity index (χ1n) is 7.21. The van der Waals surface area contributed by atoms with E-state index in [-0.39, 0.29) is 18.2 Å². The van der Waals surface area contributed by atoms with Crippen LogP contribution < -0.4 is 15.4 Å². The minimum absolute atomic E-state index is 0.104. The van der Waals surface area contributed by atoms with Gasteiger partial charge in [0.25, 0.3) is 0 Å². The second-order valence-corrected chi connectivity index (χ2v) is 6.12. The quantitative estimate of drug-likeness (QED) is 0.859. The number of thiazole rings is 1. The monoisotopic (exact) mass is 319 g/mol. The Labute approximate surface area is 134 Å². The van der Waals surface area contributed by atoms with E-state index in [9.17, 15) is 4.79 Å². The molecule has 0 aliphatic heterocycles. The molecule has 0 radical (unpaired) electrons. The number of ether oxygens (including phenoxy) is 1. The van der Waals surface area contributed by atoms with Gasteiger partial charge in [-0.25, -0.2) is 9.78 Å². The Kier molecular flexibility index (Phi) is 5.77. The number of hydrogen-bond donors (Lipinski definition) is 2. The Hall–Kier alpha value is -2.08. The number of carbonyl (C=O) groups is 1. The van der Waals surface area contributed by atoms with E-state index < -0.39 is 0 Å². The summed E-state index contributed by atoms with van der Waals surface area (Å²) in [7, 11) is 0. The van der Waals surface area contributed by atoms with Crippen LogP contribution in [-0.2, 0) is 0 Å². The van der Waals surface area contributed by atoms with Gasteiger partial charge in [0.1, 0.15) is 16.9 Å². The fourth-order valence-electron chi connectivity index (χ4n) is 1.96. The standard InChI is InChI=1S/C16H21N3O2S/c1-11-5-4-6-14(9-11)21-12(2)10-18-16(20)19-13(3)15-17-7-8-22-15/h4-9,12-13H,10H2,1-3H3,(H2,18,19,20)/t12-,13+/m1/s1. The zero-order chi connectivity index (χ0) is 15.9. The maximum atomic E-state index is 11.9. The Balaban J connectivity index is 1.73. The van der Waals surface area contributed by atoms with Crippen molar-refractivity contribution in [2.75, 3.05) is 6.54 Å². The van der Waals surface area contributed by atoms with Gasteiger partial charge in [0.05, 0.1) is 12.6 Å². The van der Waals surface area contributed by atoms with E-state index in [0.29, 0.717) is 6.54 Å². The van der Waals surface area contributed by atoms with Crippen LogP contribution in [0.25, 0.3) is 0 Å². The number of amides is 2. The maximum absolute atomic E-state index is 11.9. The van der Waals surface area contributed by atoms with Crippen LogP contribution in [0, 0.1) is 6.92 Å². The molecule has 1 aromatic carbocycles. The molecule has 1 aromatic heterocycles. The smallest absolute Gasteiger partial charge is 0.315 e. The van der Waals surface area contributed by atoms with Gasteiger partial charge >= 0.3 is 6.03 Å². The summed E-state index contributed by atoms with van der Waals surface area (Å²) >= 11 is 1.52. The van der Waals surface area contributed by atoms with Gasteiger partial charge in [-0.15, -0.1) is 11.3 Å². The molecule has 0 unspecified atom stereocenters. The van der Waals surface area contributed by atoms with Crippen molar-refractivity contribution in [2.45, 2.75) is 32.9 Å². The van der Waals surface area contributed by atoms with Gasteiger partial charge in [0.2, 0.25) is 0 Å². The molecule has 0 spiro atoms. The molecule has 2 amide bonds. The molecule has 2 N–H and O–H groups in total. The van der Waals surface area contributed by atoms with Crippen molar-refractivity contribution in [3.8, 4) is 5.75 Å². The SMILES string of the molecule is Cc1cccc(O[C@H](C)CNC(=O)N[C@@H](C)c2nccs2)c1. The summed E-state index contributed by atoms with van der Waals surface area (Å²) in [4.78, 5) is 16.0. The summed E-state index contributed by atoms with van der Waals surface area (Å²) in [5, 5.41) is 8.45. The van der Waals surface area contributed by atoms with E-state index in [4.69, 9.17) is 4.74 Å². The molecule has 0 aliphatic rings. The number of benzene rings is 1. The molecular weight excluding hydrogens is 298 g/mol. The number of hydrogen-bond acceptors (Lipinski definition) is 4. The molecular formula is C16H21N3O2S. The third kappa shape index (κ3) is 5.04. The van der Waals surface area contributed by atoms with Crippen molar-refractivity contribution < 1.29 is 9.53 Å². The second-order valence-electron chi connectivity index (χ2n) is 5.19. The lowest BCUT2D eigenvalue weighted by atomic mass is 10.2. The molecule has 2 aromatic rings. The lowest BCUT2D eigenvalue weighted by Gasteiger charge is -2.17. The van der Waals surface area contributed by atoms with E-state index >= 15 is 0 Å². The Bertz CT molecular complexity index is 601. The fourth-order valence-corrected chi connectivity index (χ4v) is 2.60. The van der Waals surface area contributed by atoms with Crippen molar-refractivity contribution in [3.63, 3.8) is 0 Å². The van der Waals surface area contributed by atoms with Crippen LogP contribution in [0.1, 0.15) is 30.5 Å². The summed E-state index contributed by atoms with van der Waals surface area (Å²) in [6.07, 6.45) is 1.62. The predicted octanol–water partition coefficient (Wildman–Crippen LogP) is 3.28. The minimum atomic E-state index is -0.220. The molecule has 0 saturated carbocycles. The zero-order valence-electron chi connectivity index (χ0n) is 13.0. The first-order chi connectivity index (χ1) is 10.5. The molecule has 2 atom stereocenters. The number of aryl methyl sites for hydroxylation is 1. The van der Waals surface area contributed by atoms with Gasteiger partial charge in [-0.3, -0.25) is 0 Å². The first-order valence-corrected chi connectivity index (χ1v) is 8.09. The molecule has 0 saturated heterocycles. The van der Waals surface area contributed by atoms with Crippen LogP contribution in [0.15, 0.2) is 35.8 Å².